The molecule has 0 spiro atoms. The summed E-state index contributed by atoms with van der Waals surface area (Å²) in [4.78, 5) is 13.3. The largest absolute Gasteiger partial charge is 0.481 e. The van der Waals surface area contributed by atoms with Crippen molar-refractivity contribution in [2.45, 2.75) is 44.9 Å². The van der Waals surface area contributed by atoms with Crippen LogP contribution in [0.5, 0.6) is 0 Å². The molecular formula is C26H25FO2S. The summed E-state index contributed by atoms with van der Waals surface area (Å²) in [7, 11) is 0. The van der Waals surface area contributed by atoms with E-state index in [0.29, 0.717) is 6.42 Å². The Hall–Kier alpha value is -2.72. The Morgan fingerprint density at radius 1 is 1.03 bits per heavy atom. The first-order valence-electron chi connectivity index (χ1n) is 10.5. The van der Waals surface area contributed by atoms with Gasteiger partial charge in [-0.15, -0.1) is 11.3 Å². The summed E-state index contributed by atoms with van der Waals surface area (Å²) in [6, 6.07) is 15.4. The topological polar surface area (TPSA) is 37.3 Å². The van der Waals surface area contributed by atoms with Crippen LogP contribution in [-0.2, 0) is 24.1 Å². The van der Waals surface area contributed by atoms with E-state index < -0.39 is 5.97 Å². The molecule has 154 valence electrons. The van der Waals surface area contributed by atoms with Gasteiger partial charge >= 0.3 is 5.97 Å². The van der Waals surface area contributed by atoms with Crippen LogP contribution >= 0.6 is 11.3 Å². The highest BCUT2D eigenvalue weighted by Crippen LogP contribution is 2.37. The quantitative estimate of drug-likeness (QED) is 0.417. The zero-order chi connectivity index (χ0) is 20.9. The average molecular weight is 421 g/mol. The highest BCUT2D eigenvalue weighted by molar-refractivity contribution is 7.15. The van der Waals surface area contributed by atoms with Crippen molar-refractivity contribution in [3.8, 4) is 10.4 Å². The van der Waals surface area contributed by atoms with Gasteiger partial charge in [0.2, 0.25) is 0 Å². The second-order valence-electron chi connectivity index (χ2n) is 7.82. The van der Waals surface area contributed by atoms with Crippen molar-refractivity contribution in [1.82, 2.24) is 0 Å². The molecule has 0 aliphatic heterocycles. The van der Waals surface area contributed by atoms with Gasteiger partial charge < -0.3 is 5.11 Å². The van der Waals surface area contributed by atoms with Crippen LogP contribution in [0.2, 0.25) is 0 Å². The van der Waals surface area contributed by atoms with Crippen LogP contribution < -0.4 is 0 Å². The molecule has 1 aromatic heterocycles. The van der Waals surface area contributed by atoms with Gasteiger partial charge in [0, 0.05) is 16.2 Å². The molecule has 2 aromatic carbocycles. The summed E-state index contributed by atoms with van der Waals surface area (Å²) < 4.78 is 14.0. The molecule has 1 aliphatic carbocycles. The minimum atomic E-state index is -0.757. The molecule has 4 rings (SSSR count). The number of fused-ring (bicyclic) bond motifs is 1. The molecule has 0 saturated carbocycles. The lowest BCUT2D eigenvalue weighted by Crippen LogP contribution is -1.96. The zero-order valence-corrected chi connectivity index (χ0v) is 17.7. The van der Waals surface area contributed by atoms with Crippen LogP contribution in [0.25, 0.3) is 22.6 Å². The van der Waals surface area contributed by atoms with E-state index in [0.717, 1.165) is 41.5 Å². The molecule has 0 saturated heterocycles. The molecule has 1 aliphatic rings. The molecule has 0 fully saturated rings. The number of hydrogen-bond donors (Lipinski definition) is 1. The third-order valence-electron chi connectivity index (χ3n) is 5.57. The Morgan fingerprint density at radius 2 is 1.83 bits per heavy atom. The highest BCUT2D eigenvalue weighted by atomic mass is 32.1. The first-order chi connectivity index (χ1) is 14.6. The fourth-order valence-corrected chi connectivity index (χ4v) is 5.25. The summed E-state index contributed by atoms with van der Waals surface area (Å²) in [5.41, 5.74) is 5.59. The van der Waals surface area contributed by atoms with Gasteiger partial charge in [0.15, 0.2) is 0 Å². The van der Waals surface area contributed by atoms with Gasteiger partial charge in [-0.05, 0) is 84.5 Å². The van der Waals surface area contributed by atoms with E-state index in [-0.39, 0.29) is 12.2 Å². The molecule has 4 heteroatoms. The van der Waals surface area contributed by atoms with Crippen LogP contribution in [0.4, 0.5) is 4.39 Å². The number of carbonyl (C=O) groups is 1. The first kappa shape index (κ1) is 20.5. The van der Waals surface area contributed by atoms with E-state index in [2.05, 4.69) is 6.07 Å². The molecule has 0 bridgehead atoms. The van der Waals surface area contributed by atoms with Crippen molar-refractivity contribution >= 4 is 29.5 Å². The van der Waals surface area contributed by atoms with E-state index in [1.165, 1.54) is 34.2 Å². The van der Waals surface area contributed by atoms with Gasteiger partial charge in [-0.2, -0.15) is 0 Å². The Kier molecular flexibility index (Phi) is 6.44. The molecule has 1 heterocycles. The number of hydrogen-bond acceptors (Lipinski definition) is 2. The number of halogens is 1. The maximum Gasteiger partial charge on any atom is 0.303 e. The van der Waals surface area contributed by atoms with Crippen LogP contribution in [0, 0.1) is 5.82 Å². The highest BCUT2D eigenvalue weighted by Gasteiger charge is 2.15. The van der Waals surface area contributed by atoms with E-state index in [9.17, 15) is 9.18 Å². The standard InChI is InChI=1S/C26H25FO2S/c27-22-14-15-23(25-17-21-5-1-2-6-24(21)30-25)20(16-22)13-12-19-10-8-18(9-11-19)4-3-7-26(28)29/h8-17H,1-7H2,(H,28,29). The summed E-state index contributed by atoms with van der Waals surface area (Å²) in [5, 5.41) is 8.75. The van der Waals surface area contributed by atoms with Crippen LogP contribution in [-0.4, -0.2) is 11.1 Å². The predicted octanol–water partition coefficient (Wildman–Crippen LogP) is 7.01. The minimum absolute atomic E-state index is 0.191. The normalized spacial score (nSPS) is 13.5. The van der Waals surface area contributed by atoms with E-state index >= 15 is 0 Å². The second-order valence-corrected chi connectivity index (χ2v) is 8.96. The third kappa shape index (κ3) is 5.06. The lowest BCUT2D eigenvalue weighted by Gasteiger charge is -2.08. The Morgan fingerprint density at radius 3 is 2.60 bits per heavy atom. The molecule has 0 atom stereocenters. The Balaban J connectivity index is 1.53. The maximum atomic E-state index is 14.0. The SMILES string of the molecule is O=C(O)CCCc1ccc(C=Cc2cc(F)ccc2-c2cc3c(s2)CCCC3)cc1. The summed E-state index contributed by atoms with van der Waals surface area (Å²) in [6.07, 6.45) is 10.4. The van der Waals surface area contributed by atoms with Gasteiger partial charge in [-0.3, -0.25) is 4.79 Å². The van der Waals surface area contributed by atoms with Gasteiger partial charge in [0.25, 0.3) is 0 Å². The van der Waals surface area contributed by atoms with Crippen molar-refractivity contribution in [3.63, 3.8) is 0 Å². The number of benzene rings is 2. The van der Waals surface area contributed by atoms with Crippen molar-refractivity contribution in [2.24, 2.45) is 0 Å². The molecule has 30 heavy (non-hydrogen) atoms. The number of thiophene rings is 1. The fourth-order valence-electron chi connectivity index (χ4n) is 3.94. The zero-order valence-electron chi connectivity index (χ0n) is 16.9. The molecule has 0 amide bonds. The van der Waals surface area contributed by atoms with E-state index in [4.69, 9.17) is 5.11 Å². The summed E-state index contributed by atoms with van der Waals surface area (Å²) in [5.74, 6) is -0.986. The average Bonchev–Trinajstić information content (AvgIpc) is 3.17. The van der Waals surface area contributed by atoms with Crippen molar-refractivity contribution in [2.75, 3.05) is 0 Å². The van der Waals surface area contributed by atoms with Crippen molar-refractivity contribution in [3.05, 3.63) is 81.5 Å². The summed E-state index contributed by atoms with van der Waals surface area (Å²) in [6.45, 7) is 0. The van der Waals surface area contributed by atoms with Gasteiger partial charge in [0.05, 0.1) is 0 Å². The van der Waals surface area contributed by atoms with Gasteiger partial charge in [-0.1, -0.05) is 42.5 Å². The smallest absolute Gasteiger partial charge is 0.303 e. The number of carboxylic acids is 1. The lowest BCUT2D eigenvalue weighted by molar-refractivity contribution is -0.137. The molecule has 1 N–H and O–H groups in total. The monoisotopic (exact) mass is 420 g/mol. The van der Waals surface area contributed by atoms with Crippen LogP contribution in [0.1, 0.15) is 52.8 Å². The molecule has 0 radical (unpaired) electrons. The lowest BCUT2D eigenvalue weighted by atomic mass is 9.97. The van der Waals surface area contributed by atoms with Crippen LogP contribution in [0.3, 0.4) is 0 Å². The predicted molar refractivity (Wildman–Crippen MR) is 122 cm³/mol. The number of carboxylic acid groups (broad SMARTS) is 1. The molecule has 2 nitrogen and oxygen atoms in total. The van der Waals surface area contributed by atoms with Crippen molar-refractivity contribution in [1.29, 1.82) is 0 Å². The maximum absolute atomic E-state index is 14.0. The van der Waals surface area contributed by atoms with E-state index in [1.54, 1.807) is 6.07 Å². The summed E-state index contributed by atoms with van der Waals surface area (Å²) >= 11 is 1.84. The molecular weight excluding hydrogens is 395 g/mol. The minimum Gasteiger partial charge on any atom is -0.481 e. The number of aliphatic carboxylic acids is 1. The number of rotatable bonds is 7. The Labute approximate surface area is 180 Å². The van der Waals surface area contributed by atoms with Gasteiger partial charge in [-0.25, -0.2) is 4.39 Å². The molecule has 3 aromatic rings. The van der Waals surface area contributed by atoms with Crippen LogP contribution in [0.15, 0.2) is 48.5 Å². The second kappa shape index (κ2) is 9.40. The number of aryl methyl sites for hydroxylation is 3. The van der Waals surface area contributed by atoms with Crippen molar-refractivity contribution < 1.29 is 14.3 Å². The molecule has 0 unspecified atom stereocenters. The van der Waals surface area contributed by atoms with Gasteiger partial charge in [0.1, 0.15) is 5.82 Å². The third-order valence-corrected chi connectivity index (χ3v) is 6.84. The first-order valence-corrected chi connectivity index (χ1v) is 11.3. The van der Waals surface area contributed by atoms with E-state index in [1.807, 2.05) is 53.8 Å². The Bertz CT molecular complexity index is 1040. The fraction of sp³-hybridized carbons (Fsp3) is 0.269.